The Hall–Kier alpha value is -3.22. The van der Waals surface area contributed by atoms with Crippen molar-refractivity contribution in [3.05, 3.63) is 60.0 Å². The summed E-state index contributed by atoms with van der Waals surface area (Å²) in [6, 6.07) is 12.7. The summed E-state index contributed by atoms with van der Waals surface area (Å²) < 4.78 is 1.86. The summed E-state index contributed by atoms with van der Waals surface area (Å²) >= 11 is 0. The molecule has 2 aromatic heterocycles. The topological polar surface area (TPSA) is 79.6 Å². The van der Waals surface area contributed by atoms with Gasteiger partial charge in [0.1, 0.15) is 0 Å². The lowest BCUT2D eigenvalue weighted by molar-refractivity contribution is -0.117. The highest BCUT2D eigenvalue weighted by Crippen LogP contribution is 2.30. The average molecular weight is 349 g/mol. The van der Waals surface area contributed by atoms with E-state index in [-0.39, 0.29) is 17.7 Å². The molecule has 1 aliphatic carbocycles. The monoisotopic (exact) mass is 349 g/mol. The van der Waals surface area contributed by atoms with E-state index in [9.17, 15) is 9.59 Å². The summed E-state index contributed by atoms with van der Waals surface area (Å²) in [6.45, 7) is 0.336. The van der Waals surface area contributed by atoms with Gasteiger partial charge in [0.25, 0.3) is 5.91 Å². The van der Waals surface area contributed by atoms with Crippen LogP contribution in [-0.4, -0.2) is 38.4 Å². The van der Waals surface area contributed by atoms with Gasteiger partial charge in [0.15, 0.2) is 11.5 Å². The van der Waals surface area contributed by atoms with Gasteiger partial charge in [-0.1, -0.05) is 12.1 Å². The molecule has 0 saturated heterocycles. The van der Waals surface area contributed by atoms with Gasteiger partial charge in [0, 0.05) is 30.4 Å². The predicted octanol–water partition coefficient (Wildman–Crippen LogP) is 2.35. The van der Waals surface area contributed by atoms with Crippen LogP contribution in [0.5, 0.6) is 0 Å². The Labute approximate surface area is 150 Å². The van der Waals surface area contributed by atoms with E-state index in [2.05, 4.69) is 15.5 Å². The number of carbonyl (C=O) groups excluding carboxylic acids is 2. The van der Waals surface area contributed by atoms with E-state index in [4.69, 9.17) is 0 Å². The molecule has 0 radical (unpaired) electrons. The smallest absolute Gasteiger partial charge is 0.254 e. The first-order valence-corrected chi connectivity index (χ1v) is 8.57. The number of nitrogens with one attached hydrogen (secondary N) is 1. The van der Waals surface area contributed by atoms with Gasteiger partial charge in [-0.05, 0) is 43.2 Å². The van der Waals surface area contributed by atoms with Gasteiger partial charge < -0.3 is 10.2 Å². The fraction of sp³-hybridized carbons (Fsp3) is 0.263. The number of hydrogen-bond donors (Lipinski definition) is 1. The van der Waals surface area contributed by atoms with Crippen molar-refractivity contribution >= 4 is 23.1 Å². The van der Waals surface area contributed by atoms with Crippen molar-refractivity contribution in [3.63, 3.8) is 0 Å². The largest absolute Gasteiger partial charge is 0.334 e. The van der Waals surface area contributed by atoms with E-state index in [0.29, 0.717) is 23.6 Å². The maximum Gasteiger partial charge on any atom is 0.254 e. The number of anilines is 1. The second kappa shape index (κ2) is 6.59. The summed E-state index contributed by atoms with van der Waals surface area (Å²) in [5.41, 5.74) is 1.91. The van der Waals surface area contributed by atoms with Crippen molar-refractivity contribution in [2.24, 2.45) is 5.92 Å². The lowest BCUT2D eigenvalue weighted by Gasteiger charge is -2.16. The molecule has 0 unspecified atom stereocenters. The molecule has 1 saturated carbocycles. The number of pyridine rings is 1. The number of hydrogen-bond acceptors (Lipinski definition) is 4. The third-order valence-corrected chi connectivity index (χ3v) is 4.43. The Morgan fingerprint density at radius 2 is 2.04 bits per heavy atom. The van der Waals surface area contributed by atoms with Gasteiger partial charge in [-0.25, -0.2) is 0 Å². The maximum absolute atomic E-state index is 12.7. The molecule has 3 aromatic rings. The van der Waals surface area contributed by atoms with Crippen LogP contribution in [0, 0.1) is 5.92 Å². The second-order valence-corrected chi connectivity index (χ2v) is 6.55. The van der Waals surface area contributed by atoms with Gasteiger partial charge in [-0.15, -0.1) is 10.2 Å². The summed E-state index contributed by atoms with van der Waals surface area (Å²) in [5, 5.41) is 11.1. The van der Waals surface area contributed by atoms with Crippen molar-refractivity contribution in [3.8, 4) is 0 Å². The summed E-state index contributed by atoms with van der Waals surface area (Å²) in [7, 11) is 1.72. The minimum absolute atomic E-state index is 0.0258. The van der Waals surface area contributed by atoms with E-state index in [1.807, 2.05) is 28.8 Å². The van der Waals surface area contributed by atoms with E-state index in [0.717, 1.165) is 18.5 Å². The van der Waals surface area contributed by atoms with Crippen molar-refractivity contribution in [2.75, 3.05) is 12.4 Å². The molecule has 7 heteroatoms. The molecule has 1 aromatic carbocycles. The van der Waals surface area contributed by atoms with Gasteiger partial charge >= 0.3 is 0 Å². The molecule has 4 rings (SSSR count). The number of carbonyl (C=O) groups is 2. The zero-order valence-electron chi connectivity index (χ0n) is 14.4. The maximum atomic E-state index is 12.7. The third kappa shape index (κ3) is 3.28. The SMILES string of the molecule is CN(Cc1nnc2ccccn12)C(=O)c1cccc(NC(=O)C2CC2)c1. The summed E-state index contributed by atoms with van der Waals surface area (Å²) in [4.78, 5) is 26.2. The van der Waals surface area contributed by atoms with Gasteiger partial charge in [-0.2, -0.15) is 0 Å². The molecule has 132 valence electrons. The Bertz CT molecular complexity index is 977. The fourth-order valence-corrected chi connectivity index (χ4v) is 2.82. The summed E-state index contributed by atoms with van der Waals surface area (Å²) in [6.07, 6.45) is 3.76. The third-order valence-electron chi connectivity index (χ3n) is 4.43. The molecule has 0 bridgehead atoms. The molecule has 26 heavy (non-hydrogen) atoms. The van der Waals surface area contributed by atoms with Crippen LogP contribution < -0.4 is 5.32 Å². The quantitative estimate of drug-likeness (QED) is 0.767. The Morgan fingerprint density at radius 1 is 1.19 bits per heavy atom. The number of rotatable bonds is 5. The summed E-state index contributed by atoms with van der Waals surface area (Å²) in [5.74, 6) is 0.700. The average Bonchev–Trinajstić information content (AvgIpc) is 3.44. The lowest BCUT2D eigenvalue weighted by atomic mass is 10.1. The van der Waals surface area contributed by atoms with Crippen molar-refractivity contribution < 1.29 is 9.59 Å². The van der Waals surface area contributed by atoms with Crippen LogP contribution in [0.3, 0.4) is 0 Å². The van der Waals surface area contributed by atoms with Crippen molar-refractivity contribution in [1.82, 2.24) is 19.5 Å². The zero-order chi connectivity index (χ0) is 18.1. The molecule has 0 aliphatic heterocycles. The van der Waals surface area contributed by atoms with Crippen LogP contribution in [0.25, 0.3) is 5.65 Å². The number of fused-ring (bicyclic) bond motifs is 1. The van der Waals surface area contributed by atoms with Crippen LogP contribution in [-0.2, 0) is 11.3 Å². The van der Waals surface area contributed by atoms with Crippen LogP contribution in [0.1, 0.15) is 29.0 Å². The molecule has 1 fully saturated rings. The Balaban J connectivity index is 1.48. The zero-order valence-corrected chi connectivity index (χ0v) is 14.4. The van der Waals surface area contributed by atoms with Crippen molar-refractivity contribution in [2.45, 2.75) is 19.4 Å². The molecule has 2 amide bonds. The first-order chi connectivity index (χ1) is 12.6. The first kappa shape index (κ1) is 16.3. The highest BCUT2D eigenvalue weighted by atomic mass is 16.2. The van der Waals surface area contributed by atoms with Crippen LogP contribution in [0.15, 0.2) is 48.7 Å². The molecule has 1 N–H and O–H groups in total. The number of aromatic nitrogens is 3. The standard InChI is InChI=1S/C19H19N5O2/c1-23(12-17-22-21-16-7-2-3-10-24(16)17)19(26)14-5-4-6-15(11-14)20-18(25)13-8-9-13/h2-7,10-11,13H,8-9,12H2,1H3,(H,20,25). The number of benzene rings is 1. The Kier molecular flexibility index (Phi) is 4.12. The van der Waals surface area contributed by atoms with Crippen LogP contribution in [0.4, 0.5) is 5.69 Å². The molecular formula is C19H19N5O2. The van der Waals surface area contributed by atoms with Gasteiger partial charge in [-0.3, -0.25) is 14.0 Å². The highest BCUT2D eigenvalue weighted by molar-refractivity contribution is 5.98. The minimum atomic E-state index is -0.139. The fourth-order valence-electron chi connectivity index (χ4n) is 2.82. The molecule has 0 atom stereocenters. The van der Waals surface area contributed by atoms with E-state index < -0.39 is 0 Å². The van der Waals surface area contributed by atoms with Crippen molar-refractivity contribution in [1.29, 1.82) is 0 Å². The van der Waals surface area contributed by atoms with E-state index in [1.165, 1.54) is 0 Å². The van der Waals surface area contributed by atoms with Crippen LogP contribution >= 0.6 is 0 Å². The minimum Gasteiger partial charge on any atom is -0.334 e. The molecule has 7 nitrogen and oxygen atoms in total. The normalized spacial score (nSPS) is 13.6. The Morgan fingerprint density at radius 3 is 2.85 bits per heavy atom. The predicted molar refractivity (Wildman–Crippen MR) is 96.6 cm³/mol. The first-order valence-electron chi connectivity index (χ1n) is 8.57. The van der Waals surface area contributed by atoms with Gasteiger partial charge in [0.2, 0.25) is 5.91 Å². The lowest BCUT2D eigenvalue weighted by Crippen LogP contribution is -2.27. The molecule has 0 spiro atoms. The molecular weight excluding hydrogens is 330 g/mol. The van der Waals surface area contributed by atoms with Gasteiger partial charge in [0.05, 0.1) is 6.54 Å². The second-order valence-electron chi connectivity index (χ2n) is 6.55. The molecule has 1 aliphatic rings. The number of amides is 2. The molecule has 2 heterocycles. The van der Waals surface area contributed by atoms with E-state index in [1.54, 1.807) is 36.2 Å². The highest BCUT2D eigenvalue weighted by Gasteiger charge is 2.29. The van der Waals surface area contributed by atoms with E-state index >= 15 is 0 Å². The number of nitrogens with zero attached hydrogens (tertiary/aromatic N) is 4. The van der Waals surface area contributed by atoms with Crippen LogP contribution in [0.2, 0.25) is 0 Å².